The van der Waals surface area contributed by atoms with Crippen LogP contribution in [0.3, 0.4) is 0 Å². The third-order valence-electron chi connectivity index (χ3n) is 4.70. The molecule has 2 aromatic rings. The molecule has 150 valence electrons. The average molecular weight is 382 g/mol. The van der Waals surface area contributed by atoms with Crippen molar-refractivity contribution in [3.8, 4) is 0 Å². The summed E-state index contributed by atoms with van der Waals surface area (Å²) in [5.41, 5.74) is 5.28. The fourth-order valence-electron chi connectivity index (χ4n) is 3.05. The van der Waals surface area contributed by atoms with E-state index >= 15 is 0 Å². The Kier molecular flexibility index (Phi) is 7.76. The Morgan fingerprint density at radius 2 is 1.57 bits per heavy atom. The lowest BCUT2D eigenvalue weighted by molar-refractivity contribution is -0.124. The number of aryl methyl sites for hydroxylation is 2. The zero-order valence-corrected chi connectivity index (χ0v) is 17.5. The standard InChI is InChI=1S/C23H31N3O2/c1-16(2)20-11-9-19(10-12-20)14-26(5)15-22(28)24-13-21(27)25-23-17(3)7-6-8-18(23)4/h6-12,16H,13-15H2,1-5H3,(H,24,28)(H,25,27). The Labute approximate surface area is 168 Å². The maximum atomic E-state index is 12.1. The van der Waals surface area contributed by atoms with E-state index in [1.165, 1.54) is 5.56 Å². The van der Waals surface area contributed by atoms with Gasteiger partial charge < -0.3 is 10.6 Å². The van der Waals surface area contributed by atoms with Crippen molar-refractivity contribution in [2.24, 2.45) is 0 Å². The number of benzene rings is 2. The Balaban J connectivity index is 1.77. The Bertz CT molecular complexity index is 793. The summed E-state index contributed by atoms with van der Waals surface area (Å²) < 4.78 is 0. The Morgan fingerprint density at radius 3 is 2.14 bits per heavy atom. The molecule has 0 spiro atoms. The van der Waals surface area contributed by atoms with Gasteiger partial charge in [0.25, 0.3) is 0 Å². The van der Waals surface area contributed by atoms with Crippen molar-refractivity contribution in [1.82, 2.24) is 10.2 Å². The van der Waals surface area contributed by atoms with Crippen molar-refractivity contribution in [2.75, 3.05) is 25.5 Å². The van der Waals surface area contributed by atoms with Gasteiger partial charge in [0.1, 0.15) is 0 Å². The monoisotopic (exact) mass is 381 g/mol. The first-order valence-corrected chi connectivity index (χ1v) is 9.66. The highest BCUT2D eigenvalue weighted by atomic mass is 16.2. The molecule has 2 N–H and O–H groups in total. The summed E-state index contributed by atoms with van der Waals surface area (Å²) in [5, 5.41) is 5.56. The van der Waals surface area contributed by atoms with Crippen molar-refractivity contribution >= 4 is 17.5 Å². The van der Waals surface area contributed by atoms with Gasteiger partial charge in [0.15, 0.2) is 0 Å². The van der Waals surface area contributed by atoms with Gasteiger partial charge in [-0.15, -0.1) is 0 Å². The van der Waals surface area contributed by atoms with Crippen molar-refractivity contribution in [1.29, 1.82) is 0 Å². The number of hydrogen-bond acceptors (Lipinski definition) is 3. The third kappa shape index (κ3) is 6.50. The van der Waals surface area contributed by atoms with Crippen LogP contribution in [0, 0.1) is 13.8 Å². The first-order chi connectivity index (χ1) is 13.3. The first kappa shape index (κ1) is 21.6. The second-order valence-corrected chi connectivity index (χ2v) is 7.66. The number of amides is 2. The summed E-state index contributed by atoms with van der Waals surface area (Å²) in [6.07, 6.45) is 0. The first-order valence-electron chi connectivity index (χ1n) is 9.66. The second-order valence-electron chi connectivity index (χ2n) is 7.66. The molecule has 0 unspecified atom stereocenters. The highest BCUT2D eigenvalue weighted by molar-refractivity contribution is 5.95. The number of hydrogen-bond donors (Lipinski definition) is 2. The van der Waals surface area contributed by atoms with Crippen LogP contribution in [0.4, 0.5) is 5.69 Å². The topological polar surface area (TPSA) is 61.4 Å². The van der Waals surface area contributed by atoms with Gasteiger partial charge in [-0.3, -0.25) is 14.5 Å². The summed E-state index contributed by atoms with van der Waals surface area (Å²) in [7, 11) is 1.90. The maximum absolute atomic E-state index is 12.1. The molecule has 2 amide bonds. The summed E-state index contributed by atoms with van der Waals surface area (Å²) >= 11 is 0. The molecule has 5 heteroatoms. The van der Waals surface area contributed by atoms with E-state index in [9.17, 15) is 9.59 Å². The van der Waals surface area contributed by atoms with Crippen molar-refractivity contribution in [2.45, 2.75) is 40.2 Å². The van der Waals surface area contributed by atoms with Gasteiger partial charge in [-0.25, -0.2) is 0 Å². The number of carbonyl (C=O) groups is 2. The number of nitrogens with zero attached hydrogens (tertiary/aromatic N) is 1. The van der Waals surface area contributed by atoms with Gasteiger partial charge >= 0.3 is 0 Å². The molecular weight excluding hydrogens is 350 g/mol. The number of rotatable bonds is 8. The van der Waals surface area contributed by atoms with E-state index in [0.29, 0.717) is 12.5 Å². The van der Waals surface area contributed by atoms with Crippen LogP contribution in [0.25, 0.3) is 0 Å². The number of nitrogens with one attached hydrogen (secondary N) is 2. The quantitative estimate of drug-likeness (QED) is 0.734. The van der Waals surface area contributed by atoms with Gasteiger partial charge in [0, 0.05) is 12.2 Å². The lowest BCUT2D eigenvalue weighted by Crippen LogP contribution is -2.39. The largest absolute Gasteiger partial charge is 0.346 e. The minimum atomic E-state index is -0.224. The average Bonchev–Trinajstić information content (AvgIpc) is 2.63. The van der Waals surface area contributed by atoms with Crippen LogP contribution in [0.1, 0.15) is 42.0 Å². The minimum Gasteiger partial charge on any atom is -0.346 e. The molecule has 0 atom stereocenters. The van der Waals surface area contributed by atoms with Crippen LogP contribution < -0.4 is 10.6 Å². The molecule has 0 radical (unpaired) electrons. The smallest absolute Gasteiger partial charge is 0.243 e. The van der Waals surface area contributed by atoms with Crippen LogP contribution in [-0.2, 0) is 16.1 Å². The summed E-state index contributed by atoms with van der Waals surface area (Å²) in [5.74, 6) is 0.114. The molecular formula is C23H31N3O2. The van der Waals surface area contributed by atoms with E-state index in [1.54, 1.807) is 0 Å². The summed E-state index contributed by atoms with van der Waals surface area (Å²) in [4.78, 5) is 26.2. The molecule has 0 saturated carbocycles. The molecule has 0 aliphatic heterocycles. The van der Waals surface area contributed by atoms with E-state index in [-0.39, 0.29) is 24.9 Å². The van der Waals surface area contributed by atoms with E-state index in [4.69, 9.17) is 0 Å². The molecule has 0 aliphatic carbocycles. The van der Waals surface area contributed by atoms with Crippen LogP contribution in [0.5, 0.6) is 0 Å². The van der Waals surface area contributed by atoms with Gasteiger partial charge in [0.05, 0.1) is 13.1 Å². The van der Waals surface area contributed by atoms with E-state index in [1.807, 2.05) is 44.0 Å². The van der Waals surface area contributed by atoms with Crippen LogP contribution >= 0.6 is 0 Å². The van der Waals surface area contributed by atoms with E-state index in [2.05, 4.69) is 48.7 Å². The molecule has 0 aromatic heterocycles. The van der Waals surface area contributed by atoms with Crippen molar-refractivity contribution in [3.05, 3.63) is 64.7 Å². The second kappa shape index (κ2) is 10.0. The molecule has 0 bridgehead atoms. The third-order valence-corrected chi connectivity index (χ3v) is 4.70. The zero-order chi connectivity index (χ0) is 20.7. The zero-order valence-electron chi connectivity index (χ0n) is 17.5. The number of anilines is 1. The summed E-state index contributed by atoms with van der Waals surface area (Å²) in [6, 6.07) is 14.3. The van der Waals surface area contributed by atoms with Gasteiger partial charge in [0.2, 0.25) is 11.8 Å². The number of likely N-dealkylation sites (N-methyl/N-ethyl adjacent to an activating group) is 1. The highest BCUT2D eigenvalue weighted by Gasteiger charge is 2.11. The van der Waals surface area contributed by atoms with Crippen LogP contribution in [0.2, 0.25) is 0 Å². The number of carbonyl (C=O) groups excluding carboxylic acids is 2. The summed E-state index contributed by atoms with van der Waals surface area (Å²) in [6.45, 7) is 9.12. The van der Waals surface area contributed by atoms with Crippen molar-refractivity contribution in [3.63, 3.8) is 0 Å². The maximum Gasteiger partial charge on any atom is 0.243 e. The van der Waals surface area contributed by atoms with Crippen LogP contribution in [0.15, 0.2) is 42.5 Å². The number of para-hydroxylation sites is 1. The normalized spacial score (nSPS) is 11.0. The molecule has 0 heterocycles. The van der Waals surface area contributed by atoms with E-state index in [0.717, 1.165) is 22.4 Å². The minimum absolute atomic E-state index is 0.0382. The van der Waals surface area contributed by atoms with Gasteiger partial charge in [-0.1, -0.05) is 56.3 Å². The SMILES string of the molecule is Cc1cccc(C)c1NC(=O)CNC(=O)CN(C)Cc1ccc(C(C)C)cc1. The Hall–Kier alpha value is -2.66. The predicted molar refractivity (Wildman–Crippen MR) is 114 cm³/mol. The lowest BCUT2D eigenvalue weighted by Gasteiger charge is -2.17. The molecule has 2 rings (SSSR count). The van der Waals surface area contributed by atoms with Gasteiger partial charge in [-0.05, 0) is 49.1 Å². The van der Waals surface area contributed by atoms with Crippen molar-refractivity contribution < 1.29 is 9.59 Å². The molecule has 0 saturated heterocycles. The fraction of sp³-hybridized carbons (Fsp3) is 0.391. The molecule has 5 nitrogen and oxygen atoms in total. The molecule has 2 aromatic carbocycles. The molecule has 28 heavy (non-hydrogen) atoms. The van der Waals surface area contributed by atoms with Crippen LogP contribution in [-0.4, -0.2) is 36.9 Å². The fourth-order valence-corrected chi connectivity index (χ4v) is 3.05. The molecule has 0 aliphatic rings. The Morgan fingerprint density at radius 1 is 0.964 bits per heavy atom. The highest BCUT2D eigenvalue weighted by Crippen LogP contribution is 2.19. The predicted octanol–water partition coefficient (Wildman–Crippen LogP) is 3.61. The molecule has 0 fully saturated rings. The van der Waals surface area contributed by atoms with E-state index < -0.39 is 0 Å². The lowest BCUT2D eigenvalue weighted by atomic mass is 10.0. The van der Waals surface area contributed by atoms with Gasteiger partial charge in [-0.2, -0.15) is 0 Å².